The highest BCUT2D eigenvalue weighted by molar-refractivity contribution is 5.74. The number of pyridine rings is 1. The summed E-state index contributed by atoms with van der Waals surface area (Å²) in [4.78, 5) is 8.95. The van der Waals surface area contributed by atoms with E-state index in [1.807, 2.05) is 12.4 Å². The van der Waals surface area contributed by atoms with Crippen LogP contribution in [0.4, 0.5) is 0 Å². The molecule has 2 aromatic heterocycles. The fourth-order valence-corrected chi connectivity index (χ4v) is 3.02. The Hall–Kier alpha value is -1.42. The molecule has 0 aliphatic heterocycles. The van der Waals surface area contributed by atoms with Crippen LogP contribution in [0, 0.1) is 0 Å². The lowest BCUT2D eigenvalue weighted by Gasteiger charge is -2.26. The summed E-state index contributed by atoms with van der Waals surface area (Å²) in [5.74, 6) is 1.80. The molecule has 1 saturated carbocycles. The second kappa shape index (κ2) is 4.69. The van der Waals surface area contributed by atoms with Crippen LogP contribution < -0.4 is 5.73 Å². The fraction of sp³-hybridized carbons (Fsp3) is 0.571. The Morgan fingerprint density at radius 3 is 2.83 bits per heavy atom. The third-order valence-electron chi connectivity index (χ3n) is 4.03. The first-order chi connectivity index (χ1) is 8.79. The van der Waals surface area contributed by atoms with E-state index in [1.165, 1.54) is 11.3 Å². The fourth-order valence-electron chi connectivity index (χ4n) is 3.02. The minimum Gasteiger partial charge on any atom is -0.328 e. The van der Waals surface area contributed by atoms with E-state index in [9.17, 15) is 0 Å². The molecule has 1 aliphatic carbocycles. The summed E-state index contributed by atoms with van der Waals surface area (Å²) in [6, 6.07) is 2.45. The smallest absolute Gasteiger partial charge is 0.113 e. The molecule has 1 aliphatic rings. The maximum Gasteiger partial charge on any atom is 0.113 e. The normalized spacial score (nSPS) is 24.6. The zero-order chi connectivity index (χ0) is 12.5. The molecule has 0 unspecified atom stereocenters. The van der Waals surface area contributed by atoms with Gasteiger partial charge in [0.25, 0.3) is 0 Å². The lowest BCUT2D eigenvalue weighted by Crippen LogP contribution is -2.26. The van der Waals surface area contributed by atoms with E-state index in [0.717, 1.165) is 37.7 Å². The average Bonchev–Trinajstić information content (AvgIpc) is 2.78. The zero-order valence-corrected chi connectivity index (χ0v) is 10.8. The highest BCUT2D eigenvalue weighted by Crippen LogP contribution is 2.33. The first kappa shape index (κ1) is 11.7. The van der Waals surface area contributed by atoms with Crippen LogP contribution in [-0.4, -0.2) is 20.6 Å². The van der Waals surface area contributed by atoms with Crippen molar-refractivity contribution in [1.29, 1.82) is 0 Å². The largest absolute Gasteiger partial charge is 0.328 e. The van der Waals surface area contributed by atoms with Crippen LogP contribution >= 0.6 is 0 Å². The van der Waals surface area contributed by atoms with Crippen LogP contribution in [0.15, 0.2) is 18.5 Å². The minimum absolute atomic E-state index is 0.391. The van der Waals surface area contributed by atoms with E-state index in [2.05, 4.69) is 22.5 Å². The maximum atomic E-state index is 5.98. The number of aryl methyl sites for hydroxylation is 1. The summed E-state index contributed by atoms with van der Waals surface area (Å²) in [6.45, 7) is 3.15. The molecule has 3 rings (SSSR count). The molecule has 1 fully saturated rings. The molecule has 96 valence electrons. The number of fused-ring (bicyclic) bond motifs is 1. The molecule has 2 aromatic rings. The van der Waals surface area contributed by atoms with Gasteiger partial charge < -0.3 is 10.3 Å². The van der Waals surface area contributed by atoms with Crippen molar-refractivity contribution in [2.24, 2.45) is 5.73 Å². The lowest BCUT2D eigenvalue weighted by atomic mass is 9.86. The molecule has 0 bridgehead atoms. The monoisotopic (exact) mass is 244 g/mol. The molecule has 0 amide bonds. The van der Waals surface area contributed by atoms with Gasteiger partial charge in [-0.2, -0.15) is 0 Å². The Labute approximate surface area is 107 Å². The second-order valence-electron chi connectivity index (χ2n) is 5.19. The van der Waals surface area contributed by atoms with Crippen molar-refractivity contribution in [1.82, 2.24) is 14.5 Å². The standard InChI is InChI=1S/C14H20N4/c1-2-18-13-7-8-16-9-12(13)17-14(18)10-3-5-11(15)6-4-10/h7-11H,2-6,15H2,1H3. The molecular weight excluding hydrogens is 224 g/mol. The number of hydrogen-bond acceptors (Lipinski definition) is 3. The quantitative estimate of drug-likeness (QED) is 0.882. The summed E-state index contributed by atoms with van der Waals surface area (Å²) in [6.07, 6.45) is 8.28. The first-order valence-electron chi connectivity index (χ1n) is 6.85. The molecule has 0 spiro atoms. The van der Waals surface area contributed by atoms with E-state index in [0.29, 0.717) is 12.0 Å². The lowest BCUT2D eigenvalue weighted by molar-refractivity contribution is 0.378. The van der Waals surface area contributed by atoms with Gasteiger partial charge in [0.15, 0.2) is 0 Å². The maximum absolute atomic E-state index is 5.98. The number of rotatable bonds is 2. The van der Waals surface area contributed by atoms with Gasteiger partial charge in [-0.3, -0.25) is 4.98 Å². The summed E-state index contributed by atoms with van der Waals surface area (Å²) in [5.41, 5.74) is 8.21. The molecule has 0 saturated heterocycles. The van der Waals surface area contributed by atoms with Gasteiger partial charge in [-0.05, 0) is 38.7 Å². The summed E-state index contributed by atoms with van der Waals surface area (Å²) < 4.78 is 2.33. The summed E-state index contributed by atoms with van der Waals surface area (Å²) in [5, 5.41) is 0. The summed E-state index contributed by atoms with van der Waals surface area (Å²) in [7, 11) is 0. The van der Waals surface area contributed by atoms with E-state index < -0.39 is 0 Å². The molecule has 4 nitrogen and oxygen atoms in total. The summed E-state index contributed by atoms with van der Waals surface area (Å²) >= 11 is 0. The number of imidazole rings is 1. The van der Waals surface area contributed by atoms with Gasteiger partial charge >= 0.3 is 0 Å². The van der Waals surface area contributed by atoms with E-state index >= 15 is 0 Å². The second-order valence-corrected chi connectivity index (χ2v) is 5.19. The molecule has 0 atom stereocenters. The van der Waals surface area contributed by atoms with Crippen molar-refractivity contribution >= 4 is 11.0 Å². The predicted molar refractivity (Wildman–Crippen MR) is 72.4 cm³/mol. The predicted octanol–water partition coefficient (Wildman–Crippen LogP) is 2.44. The SMILES string of the molecule is CCn1c(C2CCC(N)CC2)nc2cnccc21. The first-order valence-corrected chi connectivity index (χ1v) is 6.85. The topological polar surface area (TPSA) is 56.7 Å². The van der Waals surface area contributed by atoms with Gasteiger partial charge in [-0.25, -0.2) is 4.98 Å². The van der Waals surface area contributed by atoms with Crippen LogP contribution in [-0.2, 0) is 6.54 Å². The Kier molecular flexibility index (Phi) is 3.04. The zero-order valence-electron chi connectivity index (χ0n) is 10.8. The molecule has 18 heavy (non-hydrogen) atoms. The van der Waals surface area contributed by atoms with Crippen LogP contribution in [0.5, 0.6) is 0 Å². The van der Waals surface area contributed by atoms with Crippen LogP contribution in [0.25, 0.3) is 11.0 Å². The van der Waals surface area contributed by atoms with E-state index in [4.69, 9.17) is 10.7 Å². The van der Waals surface area contributed by atoms with Crippen molar-refractivity contribution < 1.29 is 0 Å². The average molecular weight is 244 g/mol. The van der Waals surface area contributed by atoms with Gasteiger partial charge in [0, 0.05) is 24.7 Å². The molecule has 0 radical (unpaired) electrons. The molecule has 2 N–H and O–H groups in total. The van der Waals surface area contributed by atoms with Crippen molar-refractivity contribution in [2.75, 3.05) is 0 Å². The number of nitrogens with zero attached hydrogens (tertiary/aromatic N) is 3. The Morgan fingerprint density at radius 1 is 1.33 bits per heavy atom. The Balaban J connectivity index is 2.00. The van der Waals surface area contributed by atoms with Crippen molar-refractivity contribution in [3.8, 4) is 0 Å². The van der Waals surface area contributed by atoms with Crippen LogP contribution in [0.3, 0.4) is 0 Å². The number of nitrogens with two attached hydrogens (primary N) is 1. The van der Waals surface area contributed by atoms with Crippen LogP contribution in [0.1, 0.15) is 44.3 Å². The van der Waals surface area contributed by atoms with Gasteiger partial charge in [0.1, 0.15) is 11.3 Å². The molecule has 4 heteroatoms. The number of aromatic nitrogens is 3. The molecular formula is C14H20N4. The van der Waals surface area contributed by atoms with Crippen LogP contribution in [0.2, 0.25) is 0 Å². The van der Waals surface area contributed by atoms with Gasteiger partial charge in [-0.1, -0.05) is 0 Å². The third kappa shape index (κ3) is 1.90. The molecule has 0 aromatic carbocycles. The molecule has 2 heterocycles. The number of hydrogen-bond donors (Lipinski definition) is 1. The van der Waals surface area contributed by atoms with Crippen molar-refractivity contribution in [3.05, 3.63) is 24.3 Å². The third-order valence-corrected chi connectivity index (χ3v) is 4.03. The Bertz CT molecular complexity index is 538. The van der Waals surface area contributed by atoms with Crippen molar-refractivity contribution in [3.63, 3.8) is 0 Å². The van der Waals surface area contributed by atoms with E-state index in [1.54, 1.807) is 0 Å². The Morgan fingerprint density at radius 2 is 2.11 bits per heavy atom. The van der Waals surface area contributed by atoms with Gasteiger partial charge in [-0.15, -0.1) is 0 Å². The van der Waals surface area contributed by atoms with Gasteiger partial charge in [0.05, 0.1) is 11.7 Å². The van der Waals surface area contributed by atoms with Gasteiger partial charge in [0.2, 0.25) is 0 Å². The van der Waals surface area contributed by atoms with E-state index in [-0.39, 0.29) is 0 Å². The highest BCUT2D eigenvalue weighted by Gasteiger charge is 2.24. The van der Waals surface area contributed by atoms with Crippen molar-refractivity contribution in [2.45, 2.75) is 51.1 Å². The highest BCUT2D eigenvalue weighted by atomic mass is 15.1. The minimum atomic E-state index is 0.391.